The van der Waals surface area contributed by atoms with E-state index in [0.29, 0.717) is 6.61 Å². The van der Waals surface area contributed by atoms with Gasteiger partial charge in [0.2, 0.25) is 0 Å². The summed E-state index contributed by atoms with van der Waals surface area (Å²) in [4.78, 5) is 9.89. The molecule has 1 aromatic rings. The van der Waals surface area contributed by atoms with E-state index in [9.17, 15) is 10.1 Å². The normalized spacial score (nSPS) is 28.9. The molecule has 0 amide bonds. The molecule has 0 radical (unpaired) electrons. The Morgan fingerprint density at radius 2 is 2.12 bits per heavy atom. The van der Waals surface area contributed by atoms with Crippen LogP contribution < -0.4 is 0 Å². The van der Waals surface area contributed by atoms with Gasteiger partial charge in [-0.2, -0.15) is 0 Å². The van der Waals surface area contributed by atoms with E-state index in [1.165, 1.54) is 12.1 Å². The number of benzene rings is 1. The molecule has 0 spiro atoms. The first-order valence-electron chi connectivity index (χ1n) is 5.53. The maximum absolute atomic E-state index is 10.5. The fraction of sp³-hybridized carbons (Fsp3) is 0.500. The highest BCUT2D eigenvalue weighted by Gasteiger charge is 2.31. The minimum Gasteiger partial charge on any atom is -0.373 e. The van der Waals surface area contributed by atoms with Crippen molar-refractivity contribution in [2.45, 2.75) is 30.7 Å². The van der Waals surface area contributed by atoms with Crippen molar-refractivity contribution in [3.63, 3.8) is 0 Å². The van der Waals surface area contributed by atoms with Gasteiger partial charge >= 0.3 is 0 Å². The minimum atomic E-state index is -0.406. The number of ether oxygens (including phenoxy) is 1. The first-order valence-corrected chi connectivity index (χ1v) is 5.91. The zero-order valence-electron chi connectivity index (χ0n) is 9.56. The van der Waals surface area contributed by atoms with E-state index < -0.39 is 4.92 Å². The van der Waals surface area contributed by atoms with E-state index in [-0.39, 0.29) is 16.7 Å². The maximum atomic E-state index is 10.5. The zero-order valence-corrected chi connectivity index (χ0v) is 10.3. The predicted octanol–water partition coefficient (Wildman–Crippen LogP) is 3.44. The van der Waals surface area contributed by atoms with Crippen molar-refractivity contribution >= 4 is 17.3 Å². The number of alkyl halides is 1. The molecule has 1 fully saturated rings. The van der Waals surface area contributed by atoms with Gasteiger partial charge in [0.15, 0.2) is 0 Å². The Hall–Kier alpha value is -1.13. The summed E-state index contributed by atoms with van der Waals surface area (Å²) in [5, 5.41) is 10.5. The Kier molecular flexibility index (Phi) is 3.35. The third-order valence-electron chi connectivity index (χ3n) is 3.03. The number of non-ortho nitro benzene ring substituents is 1. The standard InChI is InChI=1S/C12H14ClNO3/c1-12(13)6-7-17-11(8-12)9-2-4-10(5-3-9)14(15)16/h2-5,11H,6-8H2,1H3. The van der Waals surface area contributed by atoms with Crippen LogP contribution in [0.3, 0.4) is 0 Å². The van der Waals surface area contributed by atoms with Crippen molar-refractivity contribution in [1.29, 1.82) is 0 Å². The van der Waals surface area contributed by atoms with E-state index in [4.69, 9.17) is 16.3 Å². The van der Waals surface area contributed by atoms with Crippen molar-refractivity contribution in [1.82, 2.24) is 0 Å². The lowest BCUT2D eigenvalue weighted by atomic mass is 9.92. The van der Waals surface area contributed by atoms with Crippen LogP contribution in [0.15, 0.2) is 24.3 Å². The smallest absolute Gasteiger partial charge is 0.269 e. The molecule has 1 aliphatic heterocycles. The summed E-state index contributed by atoms with van der Waals surface area (Å²) in [6.07, 6.45) is 1.50. The Balaban J connectivity index is 2.14. The van der Waals surface area contributed by atoms with Crippen molar-refractivity contribution in [3.8, 4) is 0 Å². The summed E-state index contributed by atoms with van der Waals surface area (Å²) in [5.74, 6) is 0. The lowest BCUT2D eigenvalue weighted by Crippen LogP contribution is -2.29. The zero-order chi connectivity index (χ0) is 12.5. The second-order valence-electron chi connectivity index (χ2n) is 4.58. The molecule has 0 aromatic heterocycles. The molecule has 2 rings (SSSR count). The Bertz CT molecular complexity index is 416. The van der Waals surface area contributed by atoms with E-state index in [0.717, 1.165) is 18.4 Å². The minimum absolute atomic E-state index is 0.0629. The molecule has 0 saturated carbocycles. The molecule has 2 unspecified atom stereocenters. The summed E-state index contributed by atoms with van der Waals surface area (Å²) < 4.78 is 5.65. The van der Waals surface area contributed by atoms with Crippen LogP contribution >= 0.6 is 11.6 Å². The van der Waals surface area contributed by atoms with Crippen molar-refractivity contribution in [2.75, 3.05) is 6.61 Å². The van der Waals surface area contributed by atoms with Crippen LogP contribution in [0.25, 0.3) is 0 Å². The molecular weight excluding hydrogens is 242 g/mol. The third kappa shape index (κ3) is 2.96. The number of halogens is 1. The van der Waals surface area contributed by atoms with Crippen LogP contribution in [-0.4, -0.2) is 16.4 Å². The lowest BCUT2D eigenvalue weighted by Gasteiger charge is -2.33. The van der Waals surface area contributed by atoms with Crippen molar-refractivity contribution in [3.05, 3.63) is 39.9 Å². The average Bonchev–Trinajstić information content (AvgIpc) is 2.28. The van der Waals surface area contributed by atoms with Crippen LogP contribution in [-0.2, 0) is 4.74 Å². The third-order valence-corrected chi connectivity index (χ3v) is 3.37. The molecule has 1 aromatic carbocycles. The highest BCUT2D eigenvalue weighted by atomic mass is 35.5. The Labute approximate surface area is 105 Å². The highest BCUT2D eigenvalue weighted by Crippen LogP contribution is 2.38. The summed E-state index contributed by atoms with van der Waals surface area (Å²) in [7, 11) is 0. The summed E-state index contributed by atoms with van der Waals surface area (Å²) >= 11 is 6.31. The van der Waals surface area contributed by atoms with Gasteiger partial charge in [0.1, 0.15) is 0 Å². The molecule has 1 saturated heterocycles. The lowest BCUT2D eigenvalue weighted by molar-refractivity contribution is -0.384. The molecule has 1 heterocycles. The summed E-state index contributed by atoms with van der Waals surface area (Å²) in [6.45, 7) is 2.62. The predicted molar refractivity (Wildman–Crippen MR) is 65.3 cm³/mol. The van der Waals surface area contributed by atoms with E-state index in [1.54, 1.807) is 12.1 Å². The SMILES string of the molecule is CC1(Cl)CCOC(c2ccc([N+](=O)[O-])cc2)C1. The second kappa shape index (κ2) is 4.63. The van der Waals surface area contributed by atoms with Crippen LogP contribution in [0.5, 0.6) is 0 Å². The van der Waals surface area contributed by atoms with Crippen LogP contribution in [0.1, 0.15) is 31.4 Å². The number of nitrogens with zero attached hydrogens (tertiary/aromatic N) is 1. The van der Waals surface area contributed by atoms with E-state index in [1.807, 2.05) is 6.92 Å². The number of nitro groups is 1. The van der Waals surface area contributed by atoms with Gasteiger partial charge in [0, 0.05) is 23.6 Å². The molecule has 1 aliphatic rings. The fourth-order valence-electron chi connectivity index (χ4n) is 1.99. The highest BCUT2D eigenvalue weighted by molar-refractivity contribution is 6.23. The molecule has 4 nitrogen and oxygen atoms in total. The molecule has 0 aliphatic carbocycles. The Morgan fingerprint density at radius 3 is 2.65 bits per heavy atom. The van der Waals surface area contributed by atoms with Gasteiger partial charge in [-0.3, -0.25) is 10.1 Å². The van der Waals surface area contributed by atoms with Crippen LogP contribution in [0.2, 0.25) is 0 Å². The van der Waals surface area contributed by atoms with E-state index >= 15 is 0 Å². The summed E-state index contributed by atoms with van der Waals surface area (Å²) in [6, 6.07) is 6.47. The molecule has 5 heteroatoms. The van der Waals surface area contributed by atoms with Gasteiger partial charge in [-0.05, 0) is 37.5 Å². The number of hydrogen-bond acceptors (Lipinski definition) is 3. The molecule has 0 bridgehead atoms. The van der Waals surface area contributed by atoms with E-state index in [2.05, 4.69) is 0 Å². The topological polar surface area (TPSA) is 52.4 Å². The van der Waals surface area contributed by atoms with Gasteiger partial charge in [0.25, 0.3) is 5.69 Å². The molecule has 92 valence electrons. The maximum Gasteiger partial charge on any atom is 0.269 e. The molecule has 17 heavy (non-hydrogen) atoms. The number of nitro benzene ring substituents is 1. The number of rotatable bonds is 2. The van der Waals surface area contributed by atoms with Gasteiger partial charge in [-0.15, -0.1) is 11.6 Å². The van der Waals surface area contributed by atoms with Gasteiger partial charge in [0.05, 0.1) is 11.0 Å². The monoisotopic (exact) mass is 255 g/mol. The number of hydrogen-bond donors (Lipinski definition) is 0. The Morgan fingerprint density at radius 1 is 1.47 bits per heavy atom. The first kappa shape index (κ1) is 12.3. The first-order chi connectivity index (χ1) is 7.98. The fourth-order valence-corrected chi connectivity index (χ4v) is 2.20. The molecule has 2 atom stereocenters. The molecular formula is C12H14ClNO3. The second-order valence-corrected chi connectivity index (χ2v) is 5.49. The largest absolute Gasteiger partial charge is 0.373 e. The quantitative estimate of drug-likeness (QED) is 0.462. The van der Waals surface area contributed by atoms with Crippen molar-refractivity contribution in [2.24, 2.45) is 0 Å². The van der Waals surface area contributed by atoms with Gasteiger partial charge in [-0.1, -0.05) is 0 Å². The van der Waals surface area contributed by atoms with Gasteiger partial charge in [-0.25, -0.2) is 0 Å². The van der Waals surface area contributed by atoms with Crippen LogP contribution in [0.4, 0.5) is 5.69 Å². The summed E-state index contributed by atoms with van der Waals surface area (Å²) in [5.41, 5.74) is 1.04. The molecule has 0 N–H and O–H groups in total. The average molecular weight is 256 g/mol. The van der Waals surface area contributed by atoms with Crippen molar-refractivity contribution < 1.29 is 9.66 Å². The van der Waals surface area contributed by atoms with Crippen LogP contribution in [0, 0.1) is 10.1 Å². The van der Waals surface area contributed by atoms with Gasteiger partial charge < -0.3 is 4.74 Å².